The van der Waals surface area contributed by atoms with Crippen molar-refractivity contribution >= 4 is 6.03 Å². The van der Waals surface area contributed by atoms with Crippen molar-refractivity contribution in [2.75, 3.05) is 26.7 Å². The maximum atomic E-state index is 13.9. The zero-order valence-electron chi connectivity index (χ0n) is 20.8. The number of urea groups is 1. The predicted molar refractivity (Wildman–Crippen MR) is 123 cm³/mol. The maximum Gasteiger partial charge on any atom is 0.416 e. The number of ether oxygens (including phenoxy) is 2. The van der Waals surface area contributed by atoms with E-state index in [4.69, 9.17) is 9.47 Å². The van der Waals surface area contributed by atoms with Crippen LogP contribution in [0.1, 0.15) is 46.8 Å². The Kier molecular flexibility index (Phi) is 7.68. The van der Waals surface area contributed by atoms with Gasteiger partial charge in [-0.15, -0.1) is 0 Å². The summed E-state index contributed by atoms with van der Waals surface area (Å²) in [5, 5.41) is 2.57. The van der Waals surface area contributed by atoms with Gasteiger partial charge < -0.3 is 19.7 Å². The van der Waals surface area contributed by atoms with E-state index in [9.17, 15) is 35.5 Å². The highest BCUT2D eigenvalue weighted by Gasteiger charge is 2.48. The summed E-state index contributed by atoms with van der Waals surface area (Å²) in [7, 11) is 1.50. The number of nitrogens with zero attached hydrogens (tertiary/aromatic N) is 1. The highest BCUT2D eigenvalue weighted by molar-refractivity contribution is 5.74. The lowest BCUT2D eigenvalue weighted by atomic mass is 9.76. The minimum atomic E-state index is -4.99. The van der Waals surface area contributed by atoms with Gasteiger partial charge >= 0.3 is 18.4 Å². The average Bonchev–Trinajstić information content (AvgIpc) is 3.27. The molecule has 0 radical (unpaired) electrons. The van der Waals surface area contributed by atoms with Crippen LogP contribution in [0.5, 0.6) is 0 Å². The van der Waals surface area contributed by atoms with Crippen LogP contribution < -0.4 is 5.32 Å². The monoisotopic (exact) mass is 548 g/mol. The zero-order valence-corrected chi connectivity index (χ0v) is 20.8. The third-order valence-electron chi connectivity index (χ3n) is 7.23. The van der Waals surface area contributed by atoms with Crippen molar-refractivity contribution in [3.63, 3.8) is 0 Å². The number of halogens is 7. The number of aryl methyl sites for hydroxylation is 1. The van der Waals surface area contributed by atoms with Crippen LogP contribution in [-0.4, -0.2) is 44.0 Å². The Bertz CT molecular complexity index is 1150. The smallest absolute Gasteiger partial charge is 0.352 e. The lowest BCUT2D eigenvalue weighted by Crippen LogP contribution is -2.42. The number of fused-ring (bicyclic) bond motifs is 1. The quantitative estimate of drug-likeness (QED) is 0.458. The topological polar surface area (TPSA) is 50.8 Å². The molecule has 2 amide bonds. The van der Waals surface area contributed by atoms with Gasteiger partial charge in [0.1, 0.15) is 5.82 Å². The Morgan fingerprint density at radius 3 is 2.24 bits per heavy atom. The summed E-state index contributed by atoms with van der Waals surface area (Å²) in [6.45, 7) is 3.93. The van der Waals surface area contributed by atoms with Crippen LogP contribution >= 0.6 is 0 Å². The molecule has 0 aliphatic carbocycles. The summed E-state index contributed by atoms with van der Waals surface area (Å²) in [4.78, 5) is 13.9. The van der Waals surface area contributed by atoms with Gasteiger partial charge in [-0.2, -0.15) is 26.3 Å². The van der Waals surface area contributed by atoms with Gasteiger partial charge in [0.2, 0.25) is 0 Å². The highest BCUT2D eigenvalue weighted by Crippen LogP contribution is 2.46. The Labute approximate surface area is 214 Å². The first-order chi connectivity index (χ1) is 17.7. The molecular formula is C26H27F7N2O3. The van der Waals surface area contributed by atoms with Crippen LogP contribution in [0.3, 0.4) is 0 Å². The van der Waals surface area contributed by atoms with E-state index in [1.807, 2.05) is 0 Å². The number of carbonyl (C=O) groups excluding carboxylic acids is 1. The molecule has 2 saturated heterocycles. The fraction of sp³-hybridized carbons (Fsp3) is 0.500. The predicted octanol–water partition coefficient (Wildman–Crippen LogP) is 6.28. The summed E-state index contributed by atoms with van der Waals surface area (Å²) in [6.07, 6.45) is -12.3. The number of hydrogen-bond acceptors (Lipinski definition) is 3. The summed E-state index contributed by atoms with van der Waals surface area (Å²) >= 11 is 0. The fourth-order valence-electron chi connectivity index (χ4n) is 5.34. The number of rotatable bonds is 4. The van der Waals surface area contributed by atoms with Crippen LogP contribution in [-0.2, 0) is 21.8 Å². The second-order valence-electron chi connectivity index (χ2n) is 9.73. The van der Waals surface area contributed by atoms with E-state index in [2.05, 4.69) is 5.32 Å². The minimum Gasteiger partial charge on any atom is -0.352 e. The third-order valence-corrected chi connectivity index (χ3v) is 7.23. The number of hydrogen-bond donors (Lipinski definition) is 1. The second kappa shape index (κ2) is 10.4. The summed E-state index contributed by atoms with van der Waals surface area (Å²) in [6, 6.07) is 5.20. The van der Waals surface area contributed by atoms with E-state index < -0.39 is 47.6 Å². The van der Waals surface area contributed by atoms with Crippen molar-refractivity contribution in [3.05, 3.63) is 70.0 Å². The molecule has 5 nitrogen and oxygen atoms in total. The molecule has 4 rings (SSSR count). The van der Waals surface area contributed by atoms with Crippen LogP contribution in [0.25, 0.3) is 0 Å². The molecule has 2 aromatic rings. The van der Waals surface area contributed by atoms with Gasteiger partial charge in [0, 0.05) is 32.0 Å². The lowest BCUT2D eigenvalue weighted by molar-refractivity contribution is -0.217. The van der Waals surface area contributed by atoms with Gasteiger partial charge in [0.15, 0.2) is 6.29 Å². The first kappa shape index (κ1) is 28.2. The van der Waals surface area contributed by atoms with Gasteiger partial charge in [-0.1, -0.05) is 6.07 Å². The molecule has 0 aromatic heterocycles. The molecule has 0 bridgehead atoms. The summed E-state index contributed by atoms with van der Waals surface area (Å²) in [5.74, 6) is -1.32. The number of carbonyl (C=O) groups is 1. The molecular weight excluding hydrogens is 521 g/mol. The van der Waals surface area contributed by atoms with Gasteiger partial charge in [0.05, 0.1) is 23.8 Å². The van der Waals surface area contributed by atoms with Crippen LogP contribution in [0.2, 0.25) is 0 Å². The zero-order chi connectivity index (χ0) is 28.0. The molecule has 0 saturated carbocycles. The van der Waals surface area contributed by atoms with Gasteiger partial charge in [0.25, 0.3) is 0 Å². The highest BCUT2D eigenvalue weighted by atomic mass is 19.4. The van der Waals surface area contributed by atoms with E-state index in [0.29, 0.717) is 36.3 Å². The number of amides is 2. The Morgan fingerprint density at radius 2 is 1.68 bits per heavy atom. The Balaban J connectivity index is 1.69. The summed E-state index contributed by atoms with van der Waals surface area (Å²) < 4.78 is 106. The van der Waals surface area contributed by atoms with Gasteiger partial charge in [-0.3, -0.25) is 0 Å². The van der Waals surface area contributed by atoms with E-state index >= 15 is 0 Å². The molecule has 0 unspecified atom stereocenters. The first-order valence-electron chi connectivity index (χ1n) is 12.0. The molecule has 2 heterocycles. The van der Waals surface area contributed by atoms with Crippen molar-refractivity contribution in [1.29, 1.82) is 0 Å². The van der Waals surface area contributed by atoms with E-state index in [1.165, 1.54) is 26.1 Å². The molecule has 2 fully saturated rings. The first-order valence-corrected chi connectivity index (χ1v) is 12.0. The van der Waals surface area contributed by atoms with E-state index in [0.717, 1.165) is 0 Å². The maximum absolute atomic E-state index is 13.9. The van der Waals surface area contributed by atoms with Crippen molar-refractivity contribution in [2.24, 2.45) is 11.8 Å². The summed E-state index contributed by atoms with van der Waals surface area (Å²) in [5.41, 5.74) is -1.95. The van der Waals surface area contributed by atoms with Crippen molar-refractivity contribution in [1.82, 2.24) is 10.2 Å². The second-order valence-corrected chi connectivity index (χ2v) is 9.73. The standard InChI is InChI=1S/C26H27F7N2O3/c1-13-6-19(27)4-5-20(13)22-21-11-35(24(36)34-3)10-16(21)12-37-23(22)38-14(2)15-7-17(25(28,29)30)9-18(8-15)26(31,32)33/h4-9,14,16,21-23H,10-12H2,1-3H3,(H,34,36)/t14-,16+,21-,22+,23-/m1/s1. The van der Waals surface area contributed by atoms with Crippen molar-refractivity contribution in [2.45, 2.75) is 44.5 Å². The van der Waals surface area contributed by atoms with Crippen LogP contribution in [0.4, 0.5) is 35.5 Å². The normalized spacial score (nSPS) is 24.7. The number of nitrogens with one attached hydrogen (secondary N) is 1. The largest absolute Gasteiger partial charge is 0.416 e. The van der Waals surface area contributed by atoms with Gasteiger partial charge in [-0.05, 0) is 66.8 Å². The molecule has 1 N–H and O–H groups in total. The third kappa shape index (κ3) is 5.75. The molecule has 208 valence electrons. The lowest BCUT2D eigenvalue weighted by Gasteiger charge is -2.41. The Hall–Kier alpha value is -2.86. The molecule has 2 aromatic carbocycles. The van der Waals surface area contributed by atoms with Crippen molar-refractivity contribution in [3.8, 4) is 0 Å². The number of likely N-dealkylation sites (tertiary alicyclic amines) is 1. The molecule has 38 heavy (non-hydrogen) atoms. The van der Waals surface area contributed by atoms with E-state index in [1.54, 1.807) is 17.9 Å². The Morgan fingerprint density at radius 1 is 1.05 bits per heavy atom. The molecule has 2 aliphatic heterocycles. The van der Waals surface area contributed by atoms with Crippen LogP contribution in [0, 0.1) is 24.6 Å². The van der Waals surface area contributed by atoms with Crippen LogP contribution in [0.15, 0.2) is 36.4 Å². The SMILES string of the molecule is CNC(=O)N1C[C@H]2CO[C@H](O[C@H](C)c3cc(C(F)(F)F)cc(C(F)(F)F)c3)[C@@H](c3ccc(F)cc3C)[C@@H]2C1. The number of alkyl halides is 6. The molecule has 2 aliphatic rings. The number of benzene rings is 2. The molecule has 12 heteroatoms. The average molecular weight is 548 g/mol. The van der Waals surface area contributed by atoms with Gasteiger partial charge in [-0.25, -0.2) is 9.18 Å². The minimum absolute atomic E-state index is 0.0640. The molecule has 0 spiro atoms. The fourth-order valence-corrected chi connectivity index (χ4v) is 5.34. The molecule has 5 atom stereocenters. The van der Waals surface area contributed by atoms with Crippen molar-refractivity contribution < 1.29 is 45.0 Å². The van der Waals surface area contributed by atoms with E-state index in [-0.39, 0.29) is 36.1 Å².